The van der Waals surface area contributed by atoms with E-state index in [4.69, 9.17) is 29.3 Å². The predicted molar refractivity (Wildman–Crippen MR) is 89.7 cm³/mol. The number of carboxylic acids is 2. The fourth-order valence-corrected chi connectivity index (χ4v) is 2.49. The number of rotatable bonds is 5. The molecule has 3 atom stereocenters. The molecular formula is C17H25NO7. The summed E-state index contributed by atoms with van der Waals surface area (Å²) in [6.07, 6.45) is -0.0188. The van der Waals surface area contributed by atoms with Crippen LogP contribution in [0.5, 0.6) is 5.75 Å². The summed E-state index contributed by atoms with van der Waals surface area (Å²) in [5, 5.41) is 24.8. The zero-order valence-electron chi connectivity index (χ0n) is 14.4. The minimum atomic E-state index is -1.82. The van der Waals surface area contributed by atoms with Crippen LogP contribution in [0.15, 0.2) is 30.3 Å². The van der Waals surface area contributed by atoms with Gasteiger partial charge in [0.2, 0.25) is 0 Å². The van der Waals surface area contributed by atoms with E-state index >= 15 is 0 Å². The molecule has 1 aliphatic heterocycles. The quantitative estimate of drug-likeness (QED) is 0.661. The number of aliphatic carboxylic acids is 2. The molecule has 140 valence electrons. The molecule has 0 saturated carbocycles. The van der Waals surface area contributed by atoms with Crippen molar-refractivity contribution in [3.63, 3.8) is 0 Å². The Morgan fingerprint density at radius 2 is 1.68 bits per heavy atom. The SMILES string of the molecule is CC1CN(CC(O)COc2ccccc2)CC(C)O1.O=C(O)C(=O)O. The van der Waals surface area contributed by atoms with Crippen molar-refractivity contribution in [3.8, 4) is 5.75 Å². The third-order valence-electron chi connectivity index (χ3n) is 3.33. The van der Waals surface area contributed by atoms with E-state index in [1.54, 1.807) is 0 Å². The van der Waals surface area contributed by atoms with Gasteiger partial charge in [-0.3, -0.25) is 4.90 Å². The van der Waals surface area contributed by atoms with Gasteiger partial charge in [0, 0.05) is 19.6 Å². The first-order chi connectivity index (χ1) is 11.8. The number of benzene rings is 1. The zero-order valence-corrected chi connectivity index (χ0v) is 14.4. The van der Waals surface area contributed by atoms with Crippen LogP contribution in [0.3, 0.4) is 0 Å². The first-order valence-corrected chi connectivity index (χ1v) is 7.97. The molecular weight excluding hydrogens is 330 g/mol. The fraction of sp³-hybridized carbons (Fsp3) is 0.529. The number of nitrogens with zero attached hydrogens (tertiary/aromatic N) is 1. The molecule has 0 aliphatic carbocycles. The summed E-state index contributed by atoms with van der Waals surface area (Å²) in [6, 6.07) is 9.58. The average molecular weight is 355 g/mol. The summed E-state index contributed by atoms with van der Waals surface area (Å²) in [4.78, 5) is 20.4. The van der Waals surface area contributed by atoms with E-state index in [-0.39, 0.29) is 12.2 Å². The van der Waals surface area contributed by atoms with Gasteiger partial charge in [-0.15, -0.1) is 0 Å². The molecule has 3 unspecified atom stereocenters. The van der Waals surface area contributed by atoms with Gasteiger partial charge in [-0.2, -0.15) is 0 Å². The predicted octanol–water partition coefficient (Wildman–Crippen LogP) is 0.691. The first-order valence-electron chi connectivity index (χ1n) is 7.97. The summed E-state index contributed by atoms with van der Waals surface area (Å²) in [5.41, 5.74) is 0. The van der Waals surface area contributed by atoms with E-state index in [0.29, 0.717) is 13.2 Å². The summed E-state index contributed by atoms with van der Waals surface area (Å²) >= 11 is 0. The Hall–Kier alpha value is -2.16. The van der Waals surface area contributed by atoms with Crippen molar-refractivity contribution in [2.24, 2.45) is 0 Å². The monoisotopic (exact) mass is 355 g/mol. The van der Waals surface area contributed by atoms with Crippen LogP contribution in [0.2, 0.25) is 0 Å². The summed E-state index contributed by atoms with van der Waals surface area (Å²) < 4.78 is 11.2. The van der Waals surface area contributed by atoms with E-state index in [9.17, 15) is 5.11 Å². The minimum absolute atomic E-state index is 0.228. The van der Waals surface area contributed by atoms with E-state index in [2.05, 4.69) is 18.7 Å². The third kappa shape index (κ3) is 9.04. The maximum atomic E-state index is 10.0. The largest absolute Gasteiger partial charge is 0.491 e. The normalized spacial score (nSPS) is 21.6. The van der Waals surface area contributed by atoms with Crippen LogP contribution in [0.1, 0.15) is 13.8 Å². The molecule has 1 aliphatic rings. The molecule has 1 saturated heterocycles. The zero-order chi connectivity index (χ0) is 18.8. The topological polar surface area (TPSA) is 117 Å². The number of hydrogen-bond acceptors (Lipinski definition) is 6. The van der Waals surface area contributed by atoms with E-state index in [0.717, 1.165) is 18.8 Å². The molecule has 2 rings (SSSR count). The highest BCUT2D eigenvalue weighted by Crippen LogP contribution is 2.12. The van der Waals surface area contributed by atoms with Crippen LogP contribution in [0, 0.1) is 0 Å². The Balaban J connectivity index is 0.000000450. The Labute approximate surface area is 146 Å². The van der Waals surface area contributed by atoms with E-state index in [1.165, 1.54) is 0 Å². The van der Waals surface area contributed by atoms with Crippen molar-refractivity contribution >= 4 is 11.9 Å². The molecule has 25 heavy (non-hydrogen) atoms. The molecule has 0 radical (unpaired) electrons. The highest BCUT2D eigenvalue weighted by atomic mass is 16.5. The van der Waals surface area contributed by atoms with Crippen LogP contribution >= 0.6 is 0 Å². The molecule has 1 heterocycles. The number of para-hydroxylation sites is 1. The first kappa shape index (κ1) is 20.9. The lowest BCUT2D eigenvalue weighted by Crippen LogP contribution is -2.48. The number of aliphatic hydroxyl groups is 1. The Kier molecular flexibility index (Phi) is 8.90. The number of carboxylic acid groups (broad SMARTS) is 2. The highest BCUT2D eigenvalue weighted by molar-refractivity contribution is 6.27. The van der Waals surface area contributed by atoms with Crippen molar-refractivity contribution < 1.29 is 34.4 Å². The van der Waals surface area contributed by atoms with E-state index in [1.807, 2.05) is 30.3 Å². The van der Waals surface area contributed by atoms with Crippen molar-refractivity contribution in [2.75, 3.05) is 26.2 Å². The summed E-state index contributed by atoms with van der Waals surface area (Å²) in [6.45, 7) is 6.82. The number of ether oxygens (including phenoxy) is 2. The van der Waals surface area contributed by atoms with Crippen LogP contribution in [-0.2, 0) is 14.3 Å². The number of morpholine rings is 1. The lowest BCUT2D eigenvalue weighted by atomic mass is 10.2. The van der Waals surface area contributed by atoms with Gasteiger partial charge in [0.15, 0.2) is 0 Å². The molecule has 0 amide bonds. The van der Waals surface area contributed by atoms with Crippen molar-refractivity contribution in [2.45, 2.75) is 32.2 Å². The number of β-amino-alcohol motifs (C(OH)–C–C–N with tert-alkyl or cyclic N) is 1. The molecule has 8 heteroatoms. The lowest BCUT2D eigenvalue weighted by Gasteiger charge is -2.36. The molecule has 3 N–H and O–H groups in total. The molecule has 8 nitrogen and oxygen atoms in total. The third-order valence-corrected chi connectivity index (χ3v) is 3.33. The molecule has 1 aromatic rings. The maximum Gasteiger partial charge on any atom is 0.414 e. The molecule has 1 aromatic carbocycles. The van der Waals surface area contributed by atoms with Gasteiger partial charge in [0.25, 0.3) is 0 Å². The summed E-state index contributed by atoms with van der Waals surface area (Å²) in [7, 11) is 0. The number of aliphatic hydroxyl groups excluding tert-OH is 1. The Bertz CT molecular complexity index is 515. The second-order valence-electron chi connectivity index (χ2n) is 5.86. The second kappa shape index (κ2) is 10.7. The van der Waals surface area contributed by atoms with Gasteiger partial charge < -0.3 is 24.8 Å². The summed E-state index contributed by atoms with van der Waals surface area (Å²) in [5.74, 6) is -2.85. The fourth-order valence-electron chi connectivity index (χ4n) is 2.49. The Morgan fingerprint density at radius 1 is 1.16 bits per heavy atom. The van der Waals surface area contributed by atoms with Crippen molar-refractivity contribution in [1.29, 1.82) is 0 Å². The Morgan fingerprint density at radius 3 is 2.16 bits per heavy atom. The smallest absolute Gasteiger partial charge is 0.414 e. The number of hydrogen-bond donors (Lipinski definition) is 3. The standard InChI is InChI=1S/C15H23NO3.C2H2O4/c1-12-8-16(9-13(2)19-12)10-14(17)11-18-15-6-4-3-5-7-15;3-1(4)2(5)6/h3-7,12-14,17H,8-11H2,1-2H3;(H,3,4)(H,5,6). The average Bonchev–Trinajstić information content (AvgIpc) is 2.53. The van der Waals surface area contributed by atoms with Crippen LogP contribution in [0.25, 0.3) is 0 Å². The maximum absolute atomic E-state index is 10.0. The molecule has 0 bridgehead atoms. The molecule has 0 spiro atoms. The van der Waals surface area contributed by atoms with Gasteiger partial charge in [0.05, 0.1) is 12.2 Å². The van der Waals surface area contributed by atoms with E-state index < -0.39 is 18.0 Å². The molecule has 1 fully saturated rings. The lowest BCUT2D eigenvalue weighted by molar-refractivity contribution is -0.159. The van der Waals surface area contributed by atoms with Gasteiger partial charge in [-0.25, -0.2) is 9.59 Å². The van der Waals surface area contributed by atoms with Crippen LogP contribution in [0.4, 0.5) is 0 Å². The van der Waals surface area contributed by atoms with Gasteiger partial charge in [-0.05, 0) is 26.0 Å². The van der Waals surface area contributed by atoms with Crippen LogP contribution in [-0.4, -0.2) is 76.7 Å². The number of carbonyl (C=O) groups is 2. The van der Waals surface area contributed by atoms with Crippen molar-refractivity contribution in [3.05, 3.63) is 30.3 Å². The second-order valence-corrected chi connectivity index (χ2v) is 5.86. The highest BCUT2D eigenvalue weighted by Gasteiger charge is 2.23. The van der Waals surface area contributed by atoms with Gasteiger partial charge in [0.1, 0.15) is 18.5 Å². The molecule has 0 aromatic heterocycles. The van der Waals surface area contributed by atoms with Gasteiger partial charge in [-0.1, -0.05) is 18.2 Å². The minimum Gasteiger partial charge on any atom is -0.491 e. The van der Waals surface area contributed by atoms with Gasteiger partial charge >= 0.3 is 11.9 Å². The van der Waals surface area contributed by atoms with Crippen molar-refractivity contribution in [1.82, 2.24) is 4.90 Å². The van der Waals surface area contributed by atoms with Crippen LogP contribution < -0.4 is 4.74 Å².